The summed E-state index contributed by atoms with van der Waals surface area (Å²) in [5, 5.41) is 6.81. The lowest BCUT2D eigenvalue weighted by atomic mass is 10.1. The average Bonchev–Trinajstić information content (AvgIpc) is 2.89. The number of nitrogens with one attached hydrogen (secondary N) is 2. The topological polar surface area (TPSA) is 53.1 Å². The Morgan fingerprint density at radius 1 is 1.47 bits per heavy atom. The van der Waals surface area contributed by atoms with Gasteiger partial charge in [0.25, 0.3) is 0 Å². The molecule has 0 bridgehead atoms. The van der Waals surface area contributed by atoms with E-state index in [-0.39, 0.29) is 0 Å². The Bertz CT molecular complexity index is 387. The van der Waals surface area contributed by atoms with Crippen LogP contribution in [0, 0.1) is 5.92 Å². The van der Waals surface area contributed by atoms with E-state index in [1.807, 2.05) is 6.07 Å². The zero-order chi connectivity index (χ0) is 13.7. The molecule has 5 nitrogen and oxygen atoms in total. The first-order chi connectivity index (χ1) is 9.15. The van der Waals surface area contributed by atoms with Crippen LogP contribution in [0.1, 0.15) is 26.7 Å². The van der Waals surface area contributed by atoms with Gasteiger partial charge in [0.15, 0.2) is 0 Å². The van der Waals surface area contributed by atoms with Gasteiger partial charge in [-0.3, -0.25) is 0 Å². The molecular formula is C14H25N5. The predicted octanol–water partition coefficient (Wildman–Crippen LogP) is 1.73. The summed E-state index contributed by atoms with van der Waals surface area (Å²) in [5.74, 6) is 2.63. The molecular weight excluding hydrogens is 238 g/mol. The van der Waals surface area contributed by atoms with Crippen LogP contribution in [-0.2, 0) is 0 Å². The number of rotatable bonds is 6. The van der Waals surface area contributed by atoms with Crippen molar-refractivity contribution in [2.45, 2.75) is 32.7 Å². The first-order valence-electron chi connectivity index (χ1n) is 7.15. The smallest absolute Gasteiger partial charge is 0.133 e. The molecule has 0 saturated carbocycles. The Morgan fingerprint density at radius 3 is 3.00 bits per heavy atom. The van der Waals surface area contributed by atoms with Crippen LogP contribution in [0.25, 0.3) is 0 Å². The molecule has 1 fully saturated rings. The van der Waals surface area contributed by atoms with E-state index in [4.69, 9.17) is 0 Å². The molecule has 1 aliphatic rings. The Morgan fingerprint density at radius 2 is 2.32 bits per heavy atom. The molecule has 1 atom stereocenters. The van der Waals surface area contributed by atoms with E-state index in [0.717, 1.165) is 37.7 Å². The van der Waals surface area contributed by atoms with Crippen molar-refractivity contribution < 1.29 is 0 Å². The van der Waals surface area contributed by atoms with Crippen LogP contribution < -0.4 is 15.5 Å². The zero-order valence-corrected chi connectivity index (χ0v) is 12.2. The molecule has 0 aromatic carbocycles. The normalized spacial score (nSPS) is 18.8. The molecule has 106 valence electrons. The van der Waals surface area contributed by atoms with Gasteiger partial charge < -0.3 is 15.5 Å². The van der Waals surface area contributed by atoms with Crippen LogP contribution in [0.5, 0.6) is 0 Å². The van der Waals surface area contributed by atoms with E-state index < -0.39 is 0 Å². The number of aromatic nitrogens is 2. The molecule has 0 amide bonds. The van der Waals surface area contributed by atoms with E-state index >= 15 is 0 Å². The Kier molecular flexibility index (Phi) is 4.96. The first-order valence-corrected chi connectivity index (χ1v) is 7.15. The molecule has 0 aliphatic carbocycles. The van der Waals surface area contributed by atoms with Crippen molar-refractivity contribution in [3.05, 3.63) is 12.4 Å². The van der Waals surface area contributed by atoms with Gasteiger partial charge in [-0.1, -0.05) is 13.8 Å². The Balaban J connectivity index is 1.93. The molecule has 1 aromatic heterocycles. The second-order valence-corrected chi connectivity index (χ2v) is 5.70. The third-order valence-corrected chi connectivity index (χ3v) is 3.50. The van der Waals surface area contributed by atoms with Gasteiger partial charge >= 0.3 is 0 Å². The van der Waals surface area contributed by atoms with Crippen LogP contribution in [0.3, 0.4) is 0 Å². The maximum absolute atomic E-state index is 4.35. The van der Waals surface area contributed by atoms with Crippen molar-refractivity contribution in [3.8, 4) is 0 Å². The van der Waals surface area contributed by atoms with Crippen LogP contribution >= 0.6 is 0 Å². The monoisotopic (exact) mass is 263 g/mol. The minimum absolute atomic E-state index is 0.490. The van der Waals surface area contributed by atoms with Gasteiger partial charge in [0, 0.05) is 32.2 Å². The summed E-state index contributed by atoms with van der Waals surface area (Å²) in [6, 6.07) is 2.53. The molecule has 5 heteroatoms. The van der Waals surface area contributed by atoms with Gasteiger partial charge in [-0.05, 0) is 25.3 Å². The number of hydrogen-bond acceptors (Lipinski definition) is 5. The SMILES string of the molecule is CC(C)CCN(C)c1cc(NC2CCNC2)ncn1. The van der Waals surface area contributed by atoms with Gasteiger partial charge in [-0.2, -0.15) is 0 Å². The fourth-order valence-electron chi connectivity index (χ4n) is 2.19. The Labute approximate surface area is 115 Å². The molecule has 2 N–H and O–H groups in total. The maximum atomic E-state index is 4.35. The number of hydrogen-bond donors (Lipinski definition) is 2. The van der Waals surface area contributed by atoms with E-state index in [0.29, 0.717) is 12.0 Å². The van der Waals surface area contributed by atoms with Crippen LogP contribution in [0.2, 0.25) is 0 Å². The molecule has 1 aliphatic heterocycles. The lowest BCUT2D eigenvalue weighted by Gasteiger charge is -2.20. The second-order valence-electron chi connectivity index (χ2n) is 5.70. The number of nitrogens with zero attached hydrogens (tertiary/aromatic N) is 3. The zero-order valence-electron chi connectivity index (χ0n) is 12.2. The van der Waals surface area contributed by atoms with Crippen molar-refractivity contribution in [1.29, 1.82) is 0 Å². The summed E-state index contributed by atoms with van der Waals surface area (Å²) < 4.78 is 0. The van der Waals surface area contributed by atoms with Gasteiger partial charge in [0.05, 0.1) is 0 Å². The van der Waals surface area contributed by atoms with E-state index in [9.17, 15) is 0 Å². The number of anilines is 2. The summed E-state index contributed by atoms with van der Waals surface area (Å²) in [6.45, 7) is 7.62. The summed E-state index contributed by atoms with van der Waals surface area (Å²) in [4.78, 5) is 10.8. The van der Waals surface area contributed by atoms with Crippen molar-refractivity contribution >= 4 is 11.6 Å². The van der Waals surface area contributed by atoms with Gasteiger partial charge in [-0.25, -0.2) is 9.97 Å². The maximum Gasteiger partial charge on any atom is 0.133 e. The van der Waals surface area contributed by atoms with Crippen molar-refractivity contribution in [1.82, 2.24) is 15.3 Å². The minimum Gasteiger partial charge on any atom is -0.366 e. The standard InChI is InChI=1S/C14H25N5/c1-11(2)5-7-19(3)14-8-13(16-10-17-14)18-12-4-6-15-9-12/h8,10-12,15H,4-7,9H2,1-3H3,(H,16,17,18). The molecule has 1 saturated heterocycles. The van der Waals surface area contributed by atoms with Crippen LogP contribution in [0.4, 0.5) is 11.6 Å². The van der Waals surface area contributed by atoms with Crippen LogP contribution in [0.15, 0.2) is 12.4 Å². The highest BCUT2D eigenvalue weighted by molar-refractivity contribution is 5.48. The average molecular weight is 263 g/mol. The molecule has 0 spiro atoms. The third kappa shape index (κ3) is 4.35. The van der Waals surface area contributed by atoms with Gasteiger partial charge in [0.2, 0.25) is 0 Å². The molecule has 2 rings (SSSR count). The minimum atomic E-state index is 0.490. The lowest BCUT2D eigenvalue weighted by molar-refractivity contribution is 0.583. The van der Waals surface area contributed by atoms with Gasteiger partial charge in [0.1, 0.15) is 18.0 Å². The first kappa shape index (κ1) is 14.1. The van der Waals surface area contributed by atoms with E-state index in [1.165, 1.54) is 6.42 Å². The molecule has 19 heavy (non-hydrogen) atoms. The van der Waals surface area contributed by atoms with Crippen molar-refractivity contribution in [3.63, 3.8) is 0 Å². The predicted molar refractivity (Wildman–Crippen MR) is 79.7 cm³/mol. The fraction of sp³-hybridized carbons (Fsp3) is 0.714. The summed E-state index contributed by atoms with van der Waals surface area (Å²) in [7, 11) is 2.09. The molecule has 2 heterocycles. The van der Waals surface area contributed by atoms with Crippen LogP contribution in [-0.4, -0.2) is 42.7 Å². The summed E-state index contributed by atoms with van der Waals surface area (Å²) in [5.41, 5.74) is 0. The highest BCUT2D eigenvalue weighted by Gasteiger charge is 2.15. The van der Waals surface area contributed by atoms with Gasteiger partial charge in [-0.15, -0.1) is 0 Å². The third-order valence-electron chi connectivity index (χ3n) is 3.50. The van der Waals surface area contributed by atoms with E-state index in [1.54, 1.807) is 6.33 Å². The fourth-order valence-corrected chi connectivity index (χ4v) is 2.19. The summed E-state index contributed by atoms with van der Waals surface area (Å²) >= 11 is 0. The summed E-state index contributed by atoms with van der Waals surface area (Å²) in [6.07, 6.45) is 3.98. The molecule has 1 unspecified atom stereocenters. The quantitative estimate of drug-likeness (QED) is 0.818. The highest BCUT2D eigenvalue weighted by atomic mass is 15.2. The van der Waals surface area contributed by atoms with Crippen molar-refractivity contribution in [2.24, 2.45) is 5.92 Å². The Hall–Kier alpha value is -1.36. The largest absolute Gasteiger partial charge is 0.366 e. The highest BCUT2D eigenvalue weighted by Crippen LogP contribution is 2.15. The van der Waals surface area contributed by atoms with E-state index in [2.05, 4.69) is 46.4 Å². The molecule has 1 aromatic rings. The van der Waals surface area contributed by atoms with Crippen molar-refractivity contribution in [2.75, 3.05) is 36.9 Å². The molecule has 0 radical (unpaired) electrons. The second kappa shape index (κ2) is 6.70. The lowest BCUT2D eigenvalue weighted by Crippen LogP contribution is -2.24.